The average molecular weight is 337 g/mol. The molecule has 1 rings (SSSR count). The van der Waals surface area contributed by atoms with Gasteiger partial charge in [-0.25, -0.2) is 0 Å². The number of ether oxygens (including phenoxy) is 2. The van der Waals surface area contributed by atoms with Crippen molar-refractivity contribution in [2.24, 2.45) is 0 Å². The largest absolute Gasteiger partial charge is 0.495 e. The van der Waals surface area contributed by atoms with Gasteiger partial charge in [-0.3, -0.25) is 9.59 Å². The molecular weight excluding hydrogens is 323 g/mol. The maximum Gasteiger partial charge on any atom is 0.313 e. The Bertz CT molecular complexity index is 505. The van der Waals surface area contributed by atoms with Crippen LogP contribution in [-0.4, -0.2) is 31.2 Å². The van der Waals surface area contributed by atoms with Gasteiger partial charge in [-0.1, -0.05) is 23.2 Å². The zero-order valence-electron chi connectivity index (χ0n) is 11.1. The quantitative estimate of drug-likeness (QED) is 0.432. The summed E-state index contributed by atoms with van der Waals surface area (Å²) in [5, 5.41) is 0.859. The molecule has 0 fully saturated rings. The molecule has 0 saturated carbocycles. The molecule has 0 N–H and O–H groups in total. The summed E-state index contributed by atoms with van der Waals surface area (Å²) in [6.07, 6.45) is -0.240. The van der Waals surface area contributed by atoms with Crippen molar-refractivity contribution in [3.63, 3.8) is 0 Å². The molecule has 110 valence electrons. The van der Waals surface area contributed by atoms with E-state index in [1.54, 1.807) is 19.1 Å². The van der Waals surface area contributed by atoms with Crippen molar-refractivity contribution in [3.05, 3.63) is 22.2 Å². The van der Waals surface area contributed by atoms with Crippen molar-refractivity contribution < 1.29 is 19.1 Å². The predicted molar refractivity (Wildman–Crippen MR) is 80.0 cm³/mol. The first-order valence-electron chi connectivity index (χ1n) is 5.81. The lowest BCUT2D eigenvalue weighted by Crippen LogP contribution is -2.12. The van der Waals surface area contributed by atoms with E-state index in [4.69, 9.17) is 32.7 Å². The van der Waals surface area contributed by atoms with Gasteiger partial charge in [-0.2, -0.15) is 0 Å². The summed E-state index contributed by atoms with van der Waals surface area (Å²) in [6, 6.07) is 3.24. The van der Waals surface area contributed by atoms with Crippen molar-refractivity contribution in [1.29, 1.82) is 0 Å². The fraction of sp³-hybridized carbons (Fsp3) is 0.385. The molecule has 4 nitrogen and oxygen atoms in total. The van der Waals surface area contributed by atoms with Crippen molar-refractivity contribution in [3.8, 4) is 5.75 Å². The van der Waals surface area contributed by atoms with Crippen LogP contribution in [0.25, 0.3) is 0 Å². The standard InChI is InChI=1S/C13H14Cl2O4S/c1-3-19-12(17)6-9(16)7-20-11-5-8(14)4-10(18-2)13(11)15/h4-5H,3,6-7H2,1-2H3. The van der Waals surface area contributed by atoms with E-state index in [0.29, 0.717) is 20.7 Å². The van der Waals surface area contributed by atoms with Gasteiger partial charge in [-0.15, -0.1) is 11.8 Å². The van der Waals surface area contributed by atoms with Gasteiger partial charge in [-0.05, 0) is 13.0 Å². The van der Waals surface area contributed by atoms with Crippen LogP contribution in [0, 0.1) is 0 Å². The van der Waals surface area contributed by atoms with E-state index >= 15 is 0 Å². The molecule has 0 unspecified atom stereocenters. The maximum absolute atomic E-state index is 11.6. The first-order chi connectivity index (χ1) is 9.47. The molecule has 0 aliphatic heterocycles. The fourth-order valence-electron chi connectivity index (χ4n) is 1.38. The number of benzene rings is 1. The number of esters is 1. The van der Waals surface area contributed by atoms with Crippen LogP contribution in [0.5, 0.6) is 5.75 Å². The highest BCUT2D eigenvalue weighted by Crippen LogP contribution is 2.37. The van der Waals surface area contributed by atoms with Crippen molar-refractivity contribution in [2.75, 3.05) is 19.5 Å². The van der Waals surface area contributed by atoms with Crippen molar-refractivity contribution in [1.82, 2.24) is 0 Å². The zero-order chi connectivity index (χ0) is 15.1. The predicted octanol–water partition coefficient (Wildman–Crippen LogP) is 3.62. The molecular formula is C13H14Cl2O4S. The van der Waals surface area contributed by atoms with Crippen molar-refractivity contribution in [2.45, 2.75) is 18.2 Å². The van der Waals surface area contributed by atoms with E-state index in [-0.39, 0.29) is 24.6 Å². The smallest absolute Gasteiger partial charge is 0.313 e. The highest BCUT2D eigenvalue weighted by molar-refractivity contribution is 8.00. The van der Waals surface area contributed by atoms with Crippen LogP contribution in [0.3, 0.4) is 0 Å². The third-order valence-electron chi connectivity index (χ3n) is 2.23. The van der Waals surface area contributed by atoms with Crippen molar-refractivity contribution >= 4 is 46.7 Å². The summed E-state index contributed by atoms with van der Waals surface area (Å²) in [5.74, 6) is -0.196. The first kappa shape index (κ1) is 17.1. The molecule has 0 heterocycles. The van der Waals surface area contributed by atoms with E-state index in [1.165, 1.54) is 18.9 Å². The highest BCUT2D eigenvalue weighted by atomic mass is 35.5. The first-order valence-corrected chi connectivity index (χ1v) is 7.55. The van der Waals surface area contributed by atoms with Crippen LogP contribution in [0.1, 0.15) is 13.3 Å². The molecule has 0 bridgehead atoms. The Hall–Kier alpha value is -0.910. The summed E-state index contributed by atoms with van der Waals surface area (Å²) in [7, 11) is 1.48. The number of hydrogen-bond acceptors (Lipinski definition) is 5. The molecule has 0 spiro atoms. The van der Waals surface area contributed by atoms with E-state index < -0.39 is 5.97 Å². The lowest BCUT2D eigenvalue weighted by molar-refractivity contribution is -0.145. The van der Waals surface area contributed by atoms with Gasteiger partial charge in [0.15, 0.2) is 5.78 Å². The second-order valence-electron chi connectivity index (χ2n) is 3.73. The van der Waals surface area contributed by atoms with Crippen LogP contribution >= 0.6 is 35.0 Å². The second-order valence-corrected chi connectivity index (χ2v) is 5.56. The van der Waals surface area contributed by atoms with E-state index in [0.717, 1.165) is 0 Å². The van der Waals surface area contributed by atoms with Crippen LogP contribution < -0.4 is 4.74 Å². The molecule has 0 aliphatic rings. The van der Waals surface area contributed by atoms with E-state index in [1.807, 2.05) is 0 Å². The maximum atomic E-state index is 11.6. The number of ketones is 1. The van der Waals surface area contributed by atoms with Crippen LogP contribution in [0.2, 0.25) is 10.0 Å². The van der Waals surface area contributed by atoms with Gasteiger partial charge < -0.3 is 9.47 Å². The third kappa shape index (κ3) is 5.23. The SMILES string of the molecule is CCOC(=O)CC(=O)CSc1cc(Cl)cc(OC)c1Cl. The number of methoxy groups -OCH3 is 1. The normalized spacial score (nSPS) is 10.2. The second kappa shape index (κ2) is 8.39. The number of carbonyl (C=O) groups excluding carboxylic acids is 2. The summed E-state index contributed by atoms with van der Waals surface area (Å²) >= 11 is 13.2. The van der Waals surface area contributed by atoms with Gasteiger partial charge in [0.05, 0.1) is 24.5 Å². The Morgan fingerprint density at radius 1 is 1.30 bits per heavy atom. The number of carbonyl (C=O) groups is 2. The zero-order valence-corrected chi connectivity index (χ0v) is 13.4. The fourth-order valence-corrected chi connectivity index (χ4v) is 2.86. The molecule has 7 heteroatoms. The lowest BCUT2D eigenvalue weighted by atomic mass is 10.3. The topological polar surface area (TPSA) is 52.6 Å². The van der Waals surface area contributed by atoms with Crippen LogP contribution in [-0.2, 0) is 14.3 Å². The molecule has 1 aromatic carbocycles. The molecule has 0 saturated heterocycles. The Balaban J connectivity index is 2.64. The molecule has 20 heavy (non-hydrogen) atoms. The molecule has 0 atom stereocenters. The molecule has 0 aliphatic carbocycles. The Morgan fingerprint density at radius 2 is 2.00 bits per heavy atom. The van der Waals surface area contributed by atoms with E-state index in [2.05, 4.69) is 0 Å². The minimum Gasteiger partial charge on any atom is -0.495 e. The monoisotopic (exact) mass is 336 g/mol. The van der Waals surface area contributed by atoms with E-state index in [9.17, 15) is 9.59 Å². The Labute approximate surface area is 131 Å². The molecule has 0 amide bonds. The van der Waals surface area contributed by atoms with Gasteiger partial charge in [0.25, 0.3) is 0 Å². The number of thioether (sulfide) groups is 1. The molecule has 0 radical (unpaired) electrons. The molecule has 0 aromatic heterocycles. The average Bonchev–Trinajstić information content (AvgIpc) is 2.39. The summed E-state index contributed by atoms with van der Waals surface area (Å²) in [4.78, 5) is 23.4. The third-order valence-corrected chi connectivity index (χ3v) is 4.05. The van der Waals surface area contributed by atoms with Crippen LogP contribution in [0.4, 0.5) is 0 Å². The summed E-state index contributed by atoms with van der Waals surface area (Å²) < 4.78 is 9.79. The van der Waals surface area contributed by atoms with Gasteiger partial charge in [0.2, 0.25) is 0 Å². The number of rotatable bonds is 7. The van der Waals surface area contributed by atoms with Gasteiger partial charge in [0.1, 0.15) is 12.2 Å². The minimum atomic E-state index is -0.520. The summed E-state index contributed by atoms with van der Waals surface area (Å²) in [5.41, 5.74) is 0. The summed E-state index contributed by atoms with van der Waals surface area (Å²) in [6.45, 7) is 1.95. The lowest BCUT2D eigenvalue weighted by Gasteiger charge is -2.09. The minimum absolute atomic E-state index is 0.113. The van der Waals surface area contributed by atoms with Gasteiger partial charge in [0, 0.05) is 16.0 Å². The Kier molecular flexibility index (Phi) is 7.19. The molecule has 1 aromatic rings. The van der Waals surface area contributed by atoms with Crippen LogP contribution in [0.15, 0.2) is 17.0 Å². The Morgan fingerprint density at radius 3 is 2.60 bits per heavy atom. The number of hydrogen-bond donors (Lipinski definition) is 0. The number of halogens is 2. The number of Topliss-reactive ketones (excluding diaryl/α,β-unsaturated/α-hetero) is 1. The van der Waals surface area contributed by atoms with Gasteiger partial charge >= 0.3 is 5.97 Å². The highest BCUT2D eigenvalue weighted by Gasteiger charge is 2.14.